The highest BCUT2D eigenvalue weighted by atomic mass is 32.2. The second-order valence-electron chi connectivity index (χ2n) is 5.57. The first-order valence-corrected chi connectivity index (χ1v) is 8.94. The Morgan fingerprint density at radius 2 is 1.88 bits per heavy atom. The van der Waals surface area contributed by atoms with E-state index in [9.17, 15) is 8.42 Å². The number of aromatic nitrogens is 2. The van der Waals surface area contributed by atoms with Gasteiger partial charge >= 0.3 is 0 Å². The molecule has 7 nitrogen and oxygen atoms in total. The first-order valence-electron chi connectivity index (χ1n) is 7.45. The van der Waals surface area contributed by atoms with Crippen LogP contribution in [0.3, 0.4) is 0 Å². The van der Waals surface area contributed by atoms with Crippen molar-refractivity contribution in [1.82, 2.24) is 14.5 Å². The first-order chi connectivity index (χ1) is 11.2. The summed E-state index contributed by atoms with van der Waals surface area (Å²) >= 11 is 0. The number of hydrogen-bond acceptors (Lipinski definition) is 5. The molecule has 1 atom stereocenters. The van der Waals surface area contributed by atoms with Gasteiger partial charge < -0.3 is 9.47 Å². The molecule has 1 aromatic heterocycles. The summed E-state index contributed by atoms with van der Waals surface area (Å²) in [6, 6.07) is 4.77. The maximum absolute atomic E-state index is 12.8. The quantitative estimate of drug-likeness (QED) is 0.860. The molecule has 24 heavy (non-hydrogen) atoms. The van der Waals surface area contributed by atoms with Crippen LogP contribution in [0.2, 0.25) is 0 Å². The molecule has 2 rings (SSSR count). The lowest BCUT2D eigenvalue weighted by atomic mass is 10.1. The van der Waals surface area contributed by atoms with Gasteiger partial charge in [-0.05, 0) is 39.0 Å². The van der Waals surface area contributed by atoms with Crippen molar-refractivity contribution >= 4 is 10.0 Å². The van der Waals surface area contributed by atoms with Crippen LogP contribution in [0.15, 0.2) is 23.1 Å². The Kier molecular flexibility index (Phi) is 5.19. The zero-order valence-electron chi connectivity index (χ0n) is 14.7. The number of aryl methyl sites for hydroxylation is 2. The fourth-order valence-corrected chi connectivity index (χ4v) is 4.34. The first kappa shape index (κ1) is 18.3. The Hall–Kier alpha value is -2.06. The molecule has 1 aromatic carbocycles. The molecule has 2 aromatic rings. The van der Waals surface area contributed by atoms with E-state index in [0.717, 1.165) is 0 Å². The van der Waals surface area contributed by atoms with Crippen LogP contribution >= 0.6 is 0 Å². The van der Waals surface area contributed by atoms with Crippen molar-refractivity contribution in [3.05, 3.63) is 35.2 Å². The summed E-state index contributed by atoms with van der Waals surface area (Å²) in [7, 11) is 1.10. The van der Waals surface area contributed by atoms with E-state index >= 15 is 0 Å². The number of nitrogens with zero attached hydrogens (tertiary/aromatic N) is 2. The third-order valence-corrected chi connectivity index (χ3v) is 5.74. The van der Waals surface area contributed by atoms with Crippen LogP contribution in [0.25, 0.3) is 0 Å². The molecule has 0 radical (unpaired) electrons. The van der Waals surface area contributed by atoms with Gasteiger partial charge in [-0.15, -0.1) is 0 Å². The maximum Gasteiger partial charge on any atom is 0.244 e. The zero-order chi connectivity index (χ0) is 18.1. The van der Waals surface area contributed by atoms with Crippen LogP contribution in [0.4, 0.5) is 0 Å². The molecule has 0 saturated carbocycles. The monoisotopic (exact) mass is 353 g/mol. The lowest BCUT2D eigenvalue weighted by molar-refractivity contribution is 0.395. The molecule has 132 valence electrons. The van der Waals surface area contributed by atoms with Crippen molar-refractivity contribution in [1.29, 1.82) is 0 Å². The van der Waals surface area contributed by atoms with Crippen LogP contribution in [-0.2, 0) is 17.1 Å². The molecule has 0 bridgehead atoms. The van der Waals surface area contributed by atoms with Crippen molar-refractivity contribution in [2.24, 2.45) is 7.05 Å². The van der Waals surface area contributed by atoms with Gasteiger partial charge in [-0.1, -0.05) is 0 Å². The molecule has 1 N–H and O–H groups in total. The molecule has 8 heteroatoms. The Balaban J connectivity index is 2.40. The van der Waals surface area contributed by atoms with Gasteiger partial charge in [0.2, 0.25) is 10.0 Å². The molecule has 0 saturated heterocycles. The summed E-state index contributed by atoms with van der Waals surface area (Å²) < 4.78 is 40.4. The van der Waals surface area contributed by atoms with Gasteiger partial charge in [-0.25, -0.2) is 13.1 Å². The predicted octanol–water partition coefficient (Wildman–Crippen LogP) is 2.09. The molecule has 0 spiro atoms. The van der Waals surface area contributed by atoms with E-state index < -0.39 is 16.1 Å². The largest absolute Gasteiger partial charge is 0.497 e. The summed E-state index contributed by atoms with van der Waals surface area (Å²) in [6.45, 7) is 5.17. The lowest BCUT2D eigenvalue weighted by Gasteiger charge is -2.18. The third-order valence-electron chi connectivity index (χ3n) is 3.95. The summed E-state index contributed by atoms with van der Waals surface area (Å²) in [5, 5.41) is 4.17. The highest BCUT2D eigenvalue weighted by Gasteiger charge is 2.27. The topological polar surface area (TPSA) is 82.4 Å². The van der Waals surface area contributed by atoms with Crippen LogP contribution < -0.4 is 14.2 Å². The number of nitrogens with one attached hydrogen (secondary N) is 1. The van der Waals surface area contributed by atoms with Crippen molar-refractivity contribution in [2.75, 3.05) is 14.2 Å². The molecule has 0 aliphatic rings. The molecular formula is C16H23N3O4S. The molecule has 1 unspecified atom stereocenters. The minimum atomic E-state index is -3.72. The van der Waals surface area contributed by atoms with E-state index in [1.165, 1.54) is 0 Å². The van der Waals surface area contributed by atoms with Crippen LogP contribution in [0, 0.1) is 13.8 Å². The Morgan fingerprint density at radius 1 is 1.21 bits per heavy atom. The summed E-state index contributed by atoms with van der Waals surface area (Å²) in [6.07, 6.45) is 0. The van der Waals surface area contributed by atoms with E-state index in [2.05, 4.69) is 9.82 Å². The van der Waals surface area contributed by atoms with E-state index in [1.54, 1.807) is 64.9 Å². The van der Waals surface area contributed by atoms with Gasteiger partial charge in [0.15, 0.2) is 0 Å². The van der Waals surface area contributed by atoms with E-state index in [-0.39, 0.29) is 4.90 Å². The number of ether oxygens (including phenoxy) is 2. The molecule has 1 heterocycles. The average molecular weight is 353 g/mol. The van der Waals surface area contributed by atoms with Gasteiger partial charge in [-0.2, -0.15) is 5.10 Å². The highest BCUT2D eigenvalue weighted by Crippen LogP contribution is 2.30. The Bertz CT molecular complexity index is 843. The molecule has 0 aliphatic carbocycles. The van der Waals surface area contributed by atoms with Crippen molar-refractivity contribution in [3.63, 3.8) is 0 Å². The lowest BCUT2D eigenvalue weighted by Crippen LogP contribution is -2.28. The SMILES string of the molecule is COc1ccc(OC)c(C(C)NS(=O)(=O)c2c(C)nn(C)c2C)c1. The van der Waals surface area contributed by atoms with Gasteiger partial charge in [0, 0.05) is 18.7 Å². The minimum absolute atomic E-state index is 0.207. The van der Waals surface area contributed by atoms with Gasteiger partial charge in [0.25, 0.3) is 0 Å². The highest BCUT2D eigenvalue weighted by molar-refractivity contribution is 7.89. The number of benzene rings is 1. The number of hydrogen-bond donors (Lipinski definition) is 1. The summed E-state index contributed by atoms with van der Waals surface area (Å²) in [4.78, 5) is 0.207. The fraction of sp³-hybridized carbons (Fsp3) is 0.438. The summed E-state index contributed by atoms with van der Waals surface area (Å²) in [5.74, 6) is 1.22. The third kappa shape index (κ3) is 3.39. The number of rotatable bonds is 6. The smallest absolute Gasteiger partial charge is 0.244 e. The molecule has 0 fully saturated rings. The number of methoxy groups -OCH3 is 2. The summed E-state index contributed by atoms with van der Waals surface area (Å²) in [5.41, 5.74) is 1.75. The van der Waals surface area contributed by atoms with Gasteiger partial charge in [-0.3, -0.25) is 4.68 Å². The van der Waals surface area contributed by atoms with E-state index in [4.69, 9.17) is 9.47 Å². The maximum atomic E-state index is 12.8. The van der Waals surface area contributed by atoms with Gasteiger partial charge in [0.1, 0.15) is 16.4 Å². The zero-order valence-corrected chi connectivity index (χ0v) is 15.6. The van der Waals surface area contributed by atoms with E-state index in [0.29, 0.717) is 28.5 Å². The molecular weight excluding hydrogens is 330 g/mol. The Morgan fingerprint density at radius 3 is 2.38 bits per heavy atom. The van der Waals surface area contributed by atoms with Gasteiger partial charge in [0.05, 0.1) is 25.6 Å². The predicted molar refractivity (Wildman–Crippen MR) is 91.0 cm³/mol. The van der Waals surface area contributed by atoms with Crippen LogP contribution in [0.5, 0.6) is 11.5 Å². The van der Waals surface area contributed by atoms with Crippen molar-refractivity contribution < 1.29 is 17.9 Å². The average Bonchev–Trinajstić information content (AvgIpc) is 2.79. The van der Waals surface area contributed by atoms with Crippen LogP contribution in [-0.4, -0.2) is 32.4 Å². The van der Waals surface area contributed by atoms with Crippen molar-refractivity contribution in [3.8, 4) is 11.5 Å². The fourth-order valence-electron chi connectivity index (χ4n) is 2.68. The molecule has 0 aliphatic heterocycles. The standard InChI is InChI=1S/C16H23N3O4S/c1-10(14-9-13(22-5)7-8-15(14)23-6)18-24(20,21)16-11(2)17-19(4)12(16)3/h7-10,18H,1-6H3. The second-order valence-corrected chi connectivity index (χ2v) is 7.23. The van der Waals surface area contributed by atoms with Crippen molar-refractivity contribution in [2.45, 2.75) is 31.7 Å². The second kappa shape index (κ2) is 6.82. The minimum Gasteiger partial charge on any atom is -0.497 e. The number of sulfonamides is 1. The van der Waals surface area contributed by atoms with E-state index in [1.807, 2.05) is 0 Å². The normalized spacial score (nSPS) is 12.9. The Labute approximate surface area is 142 Å². The molecule has 0 amide bonds. The van der Waals surface area contributed by atoms with Crippen LogP contribution in [0.1, 0.15) is 29.9 Å².